The van der Waals surface area contributed by atoms with Gasteiger partial charge >= 0.3 is 0 Å². The van der Waals surface area contributed by atoms with E-state index in [9.17, 15) is 0 Å². The number of aromatic nitrogens is 4. The molecule has 18 heavy (non-hydrogen) atoms. The van der Waals surface area contributed by atoms with Crippen LogP contribution in [0.5, 0.6) is 0 Å². The molecule has 96 valence electrons. The maximum atomic E-state index is 4.58. The van der Waals surface area contributed by atoms with Crippen molar-refractivity contribution in [2.75, 3.05) is 5.32 Å². The molecule has 2 heterocycles. The summed E-state index contributed by atoms with van der Waals surface area (Å²) in [6, 6.07) is 2.56. The summed E-state index contributed by atoms with van der Waals surface area (Å²) in [6.45, 7) is 2.04. The molecule has 2 aromatic heterocycles. The first-order valence-corrected chi connectivity index (χ1v) is 6.54. The lowest BCUT2D eigenvalue weighted by molar-refractivity contribution is 0.524. The summed E-state index contributed by atoms with van der Waals surface area (Å²) in [7, 11) is 1.93. The molecule has 1 aliphatic rings. The molecule has 1 aliphatic carbocycles. The highest BCUT2D eigenvalue weighted by Gasteiger charge is 2.20. The van der Waals surface area contributed by atoms with E-state index in [1.807, 2.05) is 24.7 Å². The standard InChI is InChI=1S/C13H19N5/c1-10-9-18(11-5-3-4-6-11)13(15-10)16-12-7-8-14-17(12)2/h7-9,11H,3-6H2,1-2H3,(H,15,16). The fourth-order valence-corrected chi connectivity index (χ4v) is 2.68. The van der Waals surface area contributed by atoms with E-state index in [0.29, 0.717) is 6.04 Å². The predicted molar refractivity (Wildman–Crippen MR) is 71.0 cm³/mol. The molecule has 2 aromatic rings. The van der Waals surface area contributed by atoms with Crippen molar-refractivity contribution in [2.24, 2.45) is 7.05 Å². The van der Waals surface area contributed by atoms with Crippen molar-refractivity contribution in [3.63, 3.8) is 0 Å². The molecule has 1 N–H and O–H groups in total. The van der Waals surface area contributed by atoms with E-state index in [0.717, 1.165) is 17.5 Å². The largest absolute Gasteiger partial charge is 0.314 e. The Hall–Kier alpha value is -1.78. The van der Waals surface area contributed by atoms with Crippen molar-refractivity contribution in [2.45, 2.75) is 38.6 Å². The molecule has 1 fully saturated rings. The van der Waals surface area contributed by atoms with Crippen LogP contribution in [0.2, 0.25) is 0 Å². The monoisotopic (exact) mass is 245 g/mol. The molecule has 0 spiro atoms. The Bertz CT molecular complexity index is 533. The predicted octanol–water partition coefficient (Wildman–Crippen LogP) is 2.78. The van der Waals surface area contributed by atoms with Crippen LogP contribution in [0.4, 0.5) is 11.8 Å². The van der Waals surface area contributed by atoms with Gasteiger partial charge in [-0.05, 0) is 19.8 Å². The first kappa shape index (κ1) is 11.3. The first-order valence-electron chi connectivity index (χ1n) is 6.54. The van der Waals surface area contributed by atoms with Gasteiger partial charge in [0.05, 0.1) is 11.9 Å². The molecule has 0 atom stereocenters. The minimum absolute atomic E-state index is 0.599. The zero-order chi connectivity index (χ0) is 12.5. The lowest BCUT2D eigenvalue weighted by atomic mass is 10.2. The van der Waals surface area contributed by atoms with E-state index in [4.69, 9.17) is 0 Å². The van der Waals surface area contributed by atoms with Crippen molar-refractivity contribution < 1.29 is 0 Å². The van der Waals surface area contributed by atoms with Crippen molar-refractivity contribution in [1.82, 2.24) is 19.3 Å². The van der Waals surface area contributed by atoms with Crippen LogP contribution in [0.25, 0.3) is 0 Å². The summed E-state index contributed by atoms with van der Waals surface area (Å²) in [5.41, 5.74) is 1.06. The first-order chi connectivity index (χ1) is 8.74. The number of anilines is 2. The number of rotatable bonds is 3. The molecule has 0 unspecified atom stereocenters. The highest BCUT2D eigenvalue weighted by Crippen LogP contribution is 2.32. The van der Waals surface area contributed by atoms with Crippen molar-refractivity contribution in [3.05, 3.63) is 24.2 Å². The van der Waals surface area contributed by atoms with Crippen LogP contribution in [0.3, 0.4) is 0 Å². The van der Waals surface area contributed by atoms with Gasteiger partial charge < -0.3 is 9.88 Å². The lowest BCUT2D eigenvalue weighted by Gasteiger charge is -2.15. The van der Waals surface area contributed by atoms with Crippen LogP contribution in [-0.2, 0) is 7.05 Å². The zero-order valence-electron chi connectivity index (χ0n) is 10.9. The Labute approximate surface area is 107 Å². The SMILES string of the molecule is Cc1cn(C2CCCC2)c(Nc2ccnn2C)n1. The Morgan fingerprint density at radius 2 is 2.11 bits per heavy atom. The van der Waals surface area contributed by atoms with E-state index < -0.39 is 0 Å². The second kappa shape index (κ2) is 4.48. The quantitative estimate of drug-likeness (QED) is 0.904. The fraction of sp³-hybridized carbons (Fsp3) is 0.538. The molecule has 0 aromatic carbocycles. The summed E-state index contributed by atoms with van der Waals surface area (Å²) >= 11 is 0. The minimum atomic E-state index is 0.599. The highest BCUT2D eigenvalue weighted by atomic mass is 15.3. The normalized spacial score (nSPS) is 16.3. The Morgan fingerprint density at radius 3 is 2.78 bits per heavy atom. The third-order valence-corrected chi connectivity index (χ3v) is 3.63. The molecule has 3 rings (SSSR count). The smallest absolute Gasteiger partial charge is 0.209 e. The Morgan fingerprint density at radius 1 is 1.33 bits per heavy atom. The Kier molecular flexibility index (Phi) is 2.81. The zero-order valence-corrected chi connectivity index (χ0v) is 10.9. The number of nitrogens with zero attached hydrogens (tertiary/aromatic N) is 4. The maximum Gasteiger partial charge on any atom is 0.209 e. The summed E-state index contributed by atoms with van der Waals surface area (Å²) < 4.78 is 4.11. The summed E-state index contributed by atoms with van der Waals surface area (Å²) in [5, 5.41) is 7.53. The van der Waals surface area contributed by atoms with Crippen LogP contribution < -0.4 is 5.32 Å². The van der Waals surface area contributed by atoms with Gasteiger partial charge in [-0.25, -0.2) is 4.98 Å². The van der Waals surface area contributed by atoms with E-state index in [1.165, 1.54) is 25.7 Å². The van der Waals surface area contributed by atoms with Crippen LogP contribution in [-0.4, -0.2) is 19.3 Å². The van der Waals surface area contributed by atoms with Crippen molar-refractivity contribution in [1.29, 1.82) is 0 Å². The topological polar surface area (TPSA) is 47.7 Å². The Balaban J connectivity index is 1.89. The van der Waals surface area contributed by atoms with Gasteiger partial charge in [0.1, 0.15) is 5.82 Å². The minimum Gasteiger partial charge on any atom is -0.314 e. The number of aryl methyl sites for hydroxylation is 2. The molecule has 0 bridgehead atoms. The van der Waals surface area contributed by atoms with Crippen molar-refractivity contribution >= 4 is 11.8 Å². The van der Waals surface area contributed by atoms with Crippen molar-refractivity contribution in [3.8, 4) is 0 Å². The summed E-state index contributed by atoms with van der Waals surface area (Å²) in [6.07, 6.45) is 9.11. The second-order valence-electron chi connectivity index (χ2n) is 5.02. The number of hydrogen-bond acceptors (Lipinski definition) is 3. The molecular weight excluding hydrogens is 226 g/mol. The van der Waals surface area contributed by atoms with E-state index in [-0.39, 0.29) is 0 Å². The molecule has 1 saturated carbocycles. The summed E-state index contributed by atoms with van der Waals surface area (Å²) in [4.78, 5) is 4.58. The number of imidazole rings is 1. The molecule has 5 heteroatoms. The van der Waals surface area contributed by atoms with Gasteiger partial charge in [0.15, 0.2) is 0 Å². The molecule has 0 saturated heterocycles. The van der Waals surface area contributed by atoms with Crippen LogP contribution in [0.1, 0.15) is 37.4 Å². The van der Waals surface area contributed by atoms with Gasteiger partial charge in [-0.15, -0.1) is 0 Å². The lowest BCUT2D eigenvalue weighted by Crippen LogP contribution is -2.09. The van der Waals surface area contributed by atoms with Crippen LogP contribution in [0, 0.1) is 6.92 Å². The molecule has 0 aliphatic heterocycles. The van der Waals surface area contributed by atoms with Gasteiger partial charge in [0.25, 0.3) is 0 Å². The van der Waals surface area contributed by atoms with Gasteiger partial charge in [-0.2, -0.15) is 5.10 Å². The third kappa shape index (κ3) is 2.00. The average Bonchev–Trinajstić information content (AvgIpc) is 3.02. The molecule has 0 radical (unpaired) electrons. The van der Waals surface area contributed by atoms with Gasteiger partial charge in [0, 0.05) is 25.4 Å². The molecule has 0 amide bonds. The number of nitrogens with one attached hydrogen (secondary N) is 1. The third-order valence-electron chi connectivity index (χ3n) is 3.63. The van der Waals surface area contributed by atoms with Crippen LogP contribution >= 0.6 is 0 Å². The van der Waals surface area contributed by atoms with E-state index >= 15 is 0 Å². The molecule has 5 nitrogen and oxygen atoms in total. The molecular formula is C13H19N5. The van der Waals surface area contributed by atoms with E-state index in [2.05, 4.69) is 26.2 Å². The summed E-state index contributed by atoms with van der Waals surface area (Å²) in [5.74, 6) is 1.91. The number of hydrogen-bond donors (Lipinski definition) is 1. The van der Waals surface area contributed by atoms with Crippen LogP contribution in [0.15, 0.2) is 18.5 Å². The average molecular weight is 245 g/mol. The fourth-order valence-electron chi connectivity index (χ4n) is 2.68. The highest BCUT2D eigenvalue weighted by molar-refractivity contribution is 5.48. The second-order valence-corrected chi connectivity index (χ2v) is 5.02. The van der Waals surface area contributed by atoms with E-state index in [1.54, 1.807) is 6.20 Å². The van der Waals surface area contributed by atoms with Gasteiger partial charge in [0.2, 0.25) is 5.95 Å². The van der Waals surface area contributed by atoms with Gasteiger partial charge in [-0.3, -0.25) is 4.68 Å². The van der Waals surface area contributed by atoms with Gasteiger partial charge in [-0.1, -0.05) is 12.8 Å². The maximum absolute atomic E-state index is 4.58.